The Balaban J connectivity index is 2.77. The Bertz CT molecular complexity index is 347. The summed E-state index contributed by atoms with van der Waals surface area (Å²) in [6.45, 7) is 6.29. The van der Waals surface area contributed by atoms with Gasteiger partial charge in [0.15, 0.2) is 0 Å². The van der Waals surface area contributed by atoms with Crippen LogP contribution in [0.25, 0.3) is 0 Å². The van der Waals surface area contributed by atoms with Gasteiger partial charge in [-0.3, -0.25) is 0 Å². The Morgan fingerprint density at radius 2 is 2.29 bits per heavy atom. The first-order valence-electron chi connectivity index (χ1n) is 5.91. The number of nitrogens with two attached hydrogens (primary N) is 1. The van der Waals surface area contributed by atoms with Crippen molar-refractivity contribution in [2.75, 3.05) is 25.5 Å². The molecule has 1 atom stereocenters. The highest BCUT2D eigenvalue weighted by molar-refractivity contribution is 6.30. The average Bonchev–Trinajstić information content (AvgIpc) is 2.32. The predicted molar refractivity (Wildman–Crippen MR) is 71.2 cm³/mol. The van der Waals surface area contributed by atoms with Crippen molar-refractivity contribution in [1.82, 2.24) is 10.3 Å². The molecule has 0 bridgehead atoms. The number of nitrogens with zero attached hydrogens (tertiary/aromatic N) is 1. The van der Waals surface area contributed by atoms with Crippen LogP contribution in [-0.4, -0.2) is 24.7 Å². The summed E-state index contributed by atoms with van der Waals surface area (Å²) in [5.74, 6) is 0.500. The first-order valence-corrected chi connectivity index (χ1v) is 6.28. The molecule has 1 unspecified atom stereocenters. The second-order valence-corrected chi connectivity index (χ2v) is 4.25. The summed E-state index contributed by atoms with van der Waals surface area (Å²) in [7, 11) is 0. The zero-order valence-electron chi connectivity index (χ0n) is 10.4. The normalized spacial score (nSPS) is 12.6. The molecule has 5 heteroatoms. The van der Waals surface area contributed by atoms with Gasteiger partial charge >= 0.3 is 0 Å². The van der Waals surface area contributed by atoms with Crippen molar-refractivity contribution >= 4 is 17.4 Å². The number of hydrogen-bond acceptors (Lipinski definition) is 4. The summed E-state index contributed by atoms with van der Waals surface area (Å²) in [6, 6.07) is 1.88. The second kappa shape index (κ2) is 7.48. The summed E-state index contributed by atoms with van der Waals surface area (Å²) in [6.07, 6.45) is 2.55. The molecule has 4 nitrogen and oxygen atoms in total. The van der Waals surface area contributed by atoms with E-state index in [-0.39, 0.29) is 6.04 Å². The van der Waals surface area contributed by atoms with Crippen molar-refractivity contribution in [3.63, 3.8) is 0 Å². The minimum absolute atomic E-state index is 0.0396. The SMILES string of the molecule is CCCOCC(NCC)c1cc(Cl)cnc1N. The first-order chi connectivity index (χ1) is 8.19. The zero-order valence-corrected chi connectivity index (χ0v) is 11.1. The number of anilines is 1. The molecule has 96 valence electrons. The minimum Gasteiger partial charge on any atom is -0.383 e. The number of pyridine rings is 1. The highest BCUT2D eigenvalue weighted by atomic mass is 35.5. The van der Waals surface area contributed by atoms with Gasteiger partial charge in [0.2, 0.25) is 0 Å². The number of rotatable bonds is 7. The van der Waals surface area contributed by atoms with Crippen LogP contribution in [-0.2, 0) is 4.74 Å². The predicted octanol–water partition coefficient (Wildman–Crippen LogP) is 2.39. The fourth-order valence-electron chi connectivity index (χ4n) is 1.60. The van der Waals surface area contributed by atoms with Crippen LogP contribution >= 0.6 is 11.6 Å². The Morgan fingerprint density at radius 3 is 2.94 bits per heavy atom. The van der Waals surface area contributed by atoms with Crippen molar-refractivity contribution in [3.05, 3.63) is 22.8 Å². The van der Waals surface area contributed by atoms with Gasteiger partial charge < -0.3 is 15.8 Å². The van der Waals surface area contributed by atoms with E-state index in [0.717, 1.165) is 25.1 Å². The molecule has 0 fully saturated rings. The third-order valence-electron chi connectivity index (χ3n) is 2.38. The van der Waals surface area contributed by atoms with E-state index >= 15 is 0 Å². The van der Waals surface area contributed by atoms with E-state index in [1.165, 1.54) is 0 Å². The minimum atomic E-state index is 0.0396. The highest BCUT2D eigenvalue weighted by Gasteiger charge is 2.14. The van der Waals surface area contributed by atoms with Crippen molar-refractivity contribution in [1.29, 1.82) is 0 Å². The molecule has 0 amide bonds. The lowest BCUT2D eigenvalue weighted by Gasteiger charge is -2.19. The molecule has 3 N–H and O–H groups in total. The number of nitrogens with one attached hydrogen (secondary N) is 1. The van der Waals surface area contributed by atoms with Crippen LogP contribution in [0, 0.1) is 0 Å². The van der Waals surface area contributed by atoms with Gasteiger partial charge in [0.05, 0.1) is 17.7 Å². The van der Waals surface area contributed by atoms with E-state index < -0.39 is 0 Å². The zero-order chi connectivity index (χ0) is 12.7. The Kier molecular flexibility index (Phi) is 6.26. The van der Waals surface area contributed by atoms with E-state index in [0.29, 0.717) is 17.4 Å². The van der Waals surface area contributed by atoms with Crippen molar-refractivity contribution in [3.8, 4) is 0 Å². The highest BCUT2D eigenvalue weighted by Crippen LogP contribution is 2.22. The Hall–Kier alpha value is -0.840. The molecule has 1 heterocycles. The van der Waals surface area contributed by atoms with Crippen molar-refractivity contribution in [2.24, 2.45) is 0 Å². The maximum atomic E-state index is 5.94. The van der Waals surface area contributed by atoms with Crippen LogP contribution in [0.3, 0.4) is 0 Å². The molecular weight excluding hydrogens is 238 g/mol. The standard InChI is InChI=1S/C12H20ClN3O/c1-3-5-17-8-11(15-4-2)10-6-9(13)7-16-12(10)14/h6-7,11,15H,3-5,8H2,1-2H3,(H2,14,16). The van der Waals surface area contributed by atoms with Crippen LogP contribution < -0.4 is 11.1 Å². The molecular formula is C12H20ClN3O. The molecule has 0 aliphatic rings. The monoisotopic (exact) mass is 257 g/mol. The molecule has 1 aromatic heterocycles. The van der Waals surface area contributed by atoms with Gasteiger partial charge in [-0.05, 0) is 19.0 Å². The number of halogens is 1. The molecule has 0 aliphatic heterocycles. The third-order valence-corrected chi connectivity index (χ3v) is 2.58. The van der Waals surface area contributed by atoms with Crippen molar-refractivity contribution in [2.45, 2.75) is 26.3 Å². The number of likely N-dealkylation sites (N-methyl/N-ethyl adjacent to an activating group) is 1. The largest absolute Gasteiger partial charge is 0.383 e. The first kappa shape index (κ1) is 14.2. The number of ether oxygens (including phenoxy) is 1. The maximum absolute atomic E-state index is 5.94. The number of nitrogen functional groups attached to an aromatic ring is 1. The Labute approximate surface area is 108 Å². The lowest BCUT2D eigenvalue weighted by atomic mass is 10.1. The molecule has 0 spiro atoms. The lowest BCUT2D eigenvalue weighted by Crippen LogP contribution is -2.26. The van der Waals surface area contributed by atoms with Gasteiger partial charge in [0, 0.05) is 18.4 Å². The van der Waals surface area contributed by atoms with Gasteiger partial charge in [-0.15, -0.1) is 0 Å². The van der Waals surface area contributed by atoms with Gasteiger partial charge in [0.1, 0.15) is 5.82 Å². The van der Waals surface area contributed by atoms with Crippen LogP contribution in [0.1, 0.15) is 31.9 Å². The van der Waals surface area contributed by atoms with Gasteiger partial charge in [-0.1, -0.05) is 25.4 Å². The summed E-state index contributed by atoms with van der Waals surface area (Å²) in [5, 5.41) is 3.91. The fourth-order valence-corrected chi connectivity index (χ4v) is 1.76. The Morgan fingerprint density at radius 1 is 1.53 bits per heavy atom. The number of hydrogen-bond donors (Lipinski definition) is 2. The lowest BCUT2D eigenvalue weighted by molar-refractivity contribution is 0.112. The molecule has 0 aromatic carbocycles. The van der Waals surface area contributed by atoms with Crippen LogP contribution in [0.15, 0.2) is 12.3 Å². The molecule has 1 aromatic rings. The molecule has 0 aliphatic carbocycles. The smallest absolute Gasteiger partial charge is 0.128 e. The van der Waals surface area contributed by atoms with Gasteiger partial charge in [0.25, 0.3) is 0 Å². The summed E-state index contributed by atoms with van der Waals surface area (Å²) < 4.78 is 5.56. The second-order valence-electron chi connectivity index (χ2n) is 3.81. The molecule has 1 rings (SSSR count). The molecule has 17 heavy (non-hydrogen) atoms. The molecule has 0 saturated carbocycles. The van der Waals surface area contributed by atoms with E-state index in [4.69, 9.17) is 22.1 Å². The van der Waals surface area contributed by atoms with Crippen LogP contribution in [0.2, 0.25) is 5.02 Å². The fraction of sp³-hybridized carbons (Fsp3) is 0.583. The number of aromatic nitrogens is 1. The summed E-state index contributed by atoms with van der Waals surface area (Å²) in [5.41, 5.74) is 6.76. The van der Waals surface area contributed by atoms with Crippen molar-refractivity contribution < 1.29 is 4.74 Å². The van der Waals surface area contributed by atoms with E-state index in [1.807, 2.05) is 13.0 Å². The van der Waals surface area contributed by atoms with E-state index in [1.54, 1.807) is 6.20 Å². The third kappa shape index (κ3) is 4.50. The topological polar surface area (TPSA) is 60.2 Å². The van der Waals surface area contributed by atoms with Crippen LogP contribution in [0.4, 0.5) is 5.82 Å². The summed E-state index contributed by atoms with van der Waals surface area (Å²) in [4.78, 5) is 4.06. The van der Waals surface area contributed by atoms with E-state index in [2.05, 4.69) is 17.2 Å². The van der Waals surface area contributed by atoms with Crippen LogP contribution in [0.5, 0.6) is 0 Å². The van der Waals surface area contributed by atoms with Gasteiger partial charge in [-0.2, -0.15) is 0 Å². The average molecular weight is 258 g/mol. The summed E-state index contributed by atoms with van der Waals surface area (Å²) >= 11 is 5.94. The molecule has 0 saturated heterocycles. The molecule has 0 radical (unpaired) electrons. The quantitative estimate of drug-likeness (QED) is 0.737. The van der Waals surface area contributed by atoms with E-state index in [9.17, 15) is 0 Å². The van der Waals surface area contributed by atoms with Gasteiger partial charge in [-0.25, -0.2) is 4.98 Å². The maximum Gasteiger partial charge on any atom is 0.128 e.